The summed E-state index contributed by atoms with van der Waals surface area (Å²) >= 11 is 0. The predicted molar refractivity (Wildman–Crippen MR) is 84.3 cm³/mol. The maximum Gasteiger partial charge on any atom is 0.268 e. The lowest BCUT2D eigenvalue weighted by atomic mass is 9.90. The molecule has 4 nitrogen and oxygen atoms in total. The van der Waals surface area contributed by atoms with Gasteiger partial charge in [-0.1, -0.05) is 19.1 Å². The summed E-state index contributed by atoms with van der Waals surface area (Å²) in [6.07, 6.45) is 4.88. The molecule has 0 spiro atoms. The summed E-state index contributed by atoms with van der Waals surface area (Å²) in [6.45, 7) is 3.45. The van der Waals surface area contributed by atoms with Crippen molar-refractivity contribution in [1.29, 1.82) is 0 Å². The second kappa shape index (κ2) is 6.22. The molecule has 2 N–H and O–H groups in total. The Morgan fingerprint density at radius 1 is 1.19 bits per heavy atom. The number of aromatic amines is 1. The SMILES string of the molecule is CCNCc1cc(-c2ccc3c(c2)CCCC3)n[nH]c1=O. The summed E-state index contributed by atoms with van der Waals surface area (Å²) in [5, 5.41) is 10.00. The molecule has 0 bridgehead atoms. The highest BCUT2D eigenvalue weighted by atomic mass is 16.1. The van der Waals surface area contributed by atoms with Gasteiger partial charge in [-0.2, -0.15) is 5.10 Å². The van der Waals surface area contributed by atoms with E-state index < -0.39 is 0 Å². The average molecular weight is 283 g/mol. The minimum atomic E-state index is -0.113. The highest BCUT2D eigenvalue weighted by Crippen LogP contribution is 2.26. The number of rotatable bonds is 4. The molecule has 4 heteroatoms. The molecule has 110 valence electrons. The van der Waals surface area contributed by atoms with Gasteiger partial charge in [-0.25, -0.2) is 5.10 Å². The van der Waals surface area contributed by atoms with Crippen LogP contribution in [0.5, 0.6) is 0 Å². The molecular weight excluding hydrogens is 262 g/mol. The monoisotopic (exact) mass is 283 g/mol. The van der Waals surface area contributed by atoms with Crippen LogP contribution in [0.1, 0.15) is 36.5 Å². The van der Waals surface area contributed by atoms with Crippen LogP contribution >= 0.6 is 0 Å². The van der Waals surface area contributed by atoms with Crippen LogP contribution in [0.2, 0.25) is 0 Å². The van der Waals surface area contributed by atoms with Crippen LogP contribution in [0, 0.1) is 0 Å². The first-order valence-corrected chi connectivity index (χ1v) is 7.69. The zero-order chi connectivity index (χ0) is 14.7. The van der Waals surface area contributed by atoms with Gasteiger partial charge in [0.15, 0.2) is 0 Å². The Bertz CT molecular complexity index is 691. The van der Waals surface area contributed by atoms with Crippen molar-refractivity contribution in [3.8, 4) is 11.3 Å². The molecule has 0 fully saturated rings. The number of hydrogen-bond donors (Lipinski definition) is 2. The number of aromatic nitrogens is 2. The lowest BCUT2D eigenvalue weighted by Gasteiger charge is -2.16. The Labute approximate surface area is 124 Å². The van der Waals surface area contributed by atoms with Crippen molar-refractivity contribution in [3.05, 3.63) is 51.3 Å². The third-order valence-corrected chi connectivity index (χ3v) is 4.09. The van der Waals surface area contributed by atoms with Gasteiger partial charge in [0.05, 0.1) is 5.69 Å². The largest absolute Gasteiger partial charge is 0.313 e. The first-order chi connectivity index (χ1) is 10.3. The normalized spacial score (nSPS) is 14.0. The fourth-order valence-corrected chi connectivity index (χ4v) is 2.88. The van der Waals surface area contributed by atoms with Gasteiger partial charge in [0, 0.05) is 17.7 Å². The van der Waals surface area contributed by atoms with Crippen molar-refractivity contribution in [2.75, 3.05) is 6.54 Å². The third-order valence-electron chi connectivity index (χ3n) is 4.09. The van der Waals surface area contributed by atoms with Crippen LogP contribution in [0.25, 0.3) is 11.3 Å². The Hall–Kier alpha value is -1.94. The second-order valence-corrected chi connectivity index (χ2v) is 5.58. The summed E-state index contributed by atoms with van der Waals surface area (Å²) in [4.78, 5) is 11.8. The van der Waals surface area contributed by atoms with Crippen molar-refractivity contribution in [3.63, 3.8) is 0 Å². The number of fused-ring (bicyclic) bond motifs is 1. The van der Waals surface area contributed by atoms with Crippen molar-refractivity contribution in [2.45, 2.75) is 39.2 Å². The van der Waals surface area contributed by atoms with E-state index in [0.29, 0.717) is 6.54 Å². The van der Waals surface area contributed by atoms with Gasteiger partial charge in [0.2, 0.25) is 0 Å². The zero-order valence-electron chi connectivity index (χ0n) is 12.4. The fraction of sp³-hybridized carbons (Fsp3) is 0.412. The van der Waals surface area contributed by atoms with Gasteiger partial charge in [0.25, 0.3) is 5.56 Å². The summed E-state index contributed by atoms with van der Waals surface area (Å²) in [7, 11) is 0. The Kier molecular flexibility index (Phi) is 4.15. The minimum Gasteiger partial charge on any atom is -0.313 e. The highest BCUT2D eigenvalue weighted by Gasteiger charge is 2.11. The van der Waals surface area contributed by atoms with Crippen LogP contribution in [0.15, 0.2) is 29.1 Å². The van der Waals surface area contributed by atoms with E-state index in [2.05, 4.69) is 33.7 Å². The molecule has 3 rings (SSSR count). The standard InChI is InChI=1S/C17H21N3O/c1-2-18-11-15-10-16(19-20-17(15)21)14-8-7-12-5-3-4-6-13(12)9-14/h7-10,18H,2-6,11H2,1H3,(H,20,21). The number of benzene rings is 1. The molecule has 0 saturated heterocycles. The molecule has 0 amide bonds. The van der Waals surface area contributed by atoms with Crippen molar-refractivity contribution < 1.29 is 0 Å². The first kappa shape index (κ1) is 14.0. The number of nitrogens with one attached hydrogen (secondary N) is 2. The van der Waals surface area contributed by atoms with Crippen molar-refractivity contribution in [1.82, 2.24) is 15.5 Å². The van der Waals surface area contributed by atoms with Crippen molar-refractivity contribution in [2.24, 2.45) is 0 Å². The first-order valence-electron chi connectivity index (χ1n) is 7.69. The number of hydrogen-bond acceptors (Lipinski definition) is 3. The number of aryl methyl sites for hydroxylation is 2. The third kappa shape index (κ3) is 3.05. The quantitative estimate of drug-likeness (QED) is 0.906. The maximum absolute atomic E-state index is 11.8. The van der Waals surface area contributed by atoms with Crippen molar-refractivity contribution >= 4 is 0 Å². The Morgan fingerprint density at radius 2 is 2.00 bits per heavy atom. The van der Waals surface area contributed by atoms with E-state index >= 15 is 0 Å². The van der Waals surface area contributed by atoms with Crippen LogP contribution in [0.3, 0.4) is 0 Å². The van der Waals surface area contributed by atoms with Crippen LogP contribution < -0.4 is 10.9 Å². The smallest absolute Gasteiger partial charge is 0.268 e. The van der Waals surface area contributed by atoms with Gasteiger partial charge < -0.3 is 5.32 Å². The molecule has 1 aromatic heterocycles. The average Bonchev–Trinajstić information content (AvgIpc) is 2.53. The molecular formula is C17H21N3O. The van der Waals surface area contributed by atoms with Gasteiger partial charge >= 0.3 is 0 Å². The lowest BCUT2D eigenvalue weighted by molar-refractivity contribution is 0.686. The molecule has 0 atom stereocenters. The Morgan fingerprint density at radius 3 is 2.81 bits per heavy atom. The van der Waals surface area contributed by atoms with E-state index in [1.807, 2.05) is 13.0 Å². The zero-order valence-corrected chi connectivity index (χ0v) is 12.4. The summed E-state index contributed by atoms with van der Waals surface area (Å²) < 4.78 is 0. The van der Waals surface area contributed by atoms with E-state index in [9.17, 15) is 4.79 Å². The van der Waals surface area contributed by atoms with Gasteiger partial charge in [-0.05, 0) is 55.5 Å². The fourth-order valence-electron chi connectivity index (χ4n) is 2.88. The topological polar surface area (TPSA) is 57.8 Å². The number of nitrogens with zero attached hydrogens (tertiary/aromatic N) is 1. The van der Waals surface area contributed by atoms with Gasteiger partial charge in [-0.15, -0.1) is 0 Å². The van der Waals surface area contributed by atoms with Crippen LogP contribution in [0.4, 0.5) is 0 Å². The van der Waals surface area contributed by atoms with E-state index in [-0.39, 0.29) is 5.56 Å². The molecule has 2 aromatic rings. The predicted octanol–water partition coefficient (Wildman–Crippen LogP) is 2.43. The van der Waals surface area contributed by atoms with E-state index in [0.717, 1.165) is 29.8 Å². The molecule has 1 aliphatic rings. The Balaban J connectivity index is 1.94. The summed E-state index contributed by atoms with van der Waals surface area (Å²) in [5.41, 5.74) is 5.44. The molecule has 0 saturated carbocycles. The van der Waals surface area contributed by atoms with Crippen LogP contribution in [-0.4, -0.2) is 16.7 Å². The van der Waals surface area contributed by atoms with Gasteiger partial charge in [0.1, 0.15) is 0 Å². The van der Waals surface area contributed by atoms with E-state index in [4.69, 9.17) is 0 Å². The van der Waals surface area contributed by atoms with Gasteiger partial charge in [-0.3, -0.25) is 4.79 Å². The molecule has 0 radical (unpaired) electrons. The second-order valence-electron chi connectivity index (χ2n) is 5.58. The highest BCUT2D eigenvalue weighted by molar-refractivity contribution is 5.61. The lowest BCUT2D eigenvalue weighted by Crippen LogP contribution is -2.21. The number of H-pyrrole nitrogens is 1. The summed E-state index contributed by atoms with van der Waals surface area (Å²) in [6, 6.07) is 8.45. The molecule has 0 unspecified atom stereocenters. The maximum atomic E-state index is 11.8. The minimum absolute atomic E-state index is 0.113. The molecule has 1 aliphatic carbocycles. The van der Waals surface area contributed by atoms with E-state index in [1.165, 1.54) is 30.4 Å². The molecule has 0 aliphatic heterocycles. The summed E-state index contributed by atoms with van der Waals surface area (Å²) in [5.74, 6) is 0. The molecule has 21 heavy (non-hydrogen) atoms. The van der Waals surface area contributed by atoms with Crippen LogP contribution in [-0.2, 0) is 19.4 Å². The molecule has 1 aromatic carbocycles. The molecule has 1 heterocycles. The van der Waals surface area contributed by atoms with E-state index in [1.54, 1.807) is 0 Å².